The molecule has 1 heterocycles. The van der Waals surface area contributed by atoms with Gasteiger partial charge in [0.25, 0.3) is 0 Å². The van der Waals surface area contributed by atoms with Crippen LogP contribution in [0.25, 0.3) is 0 Å². The number of ether oxygens (including phenoxy) is 2. The summed E-state index contributed by atoms with van der Waals surface area (Å²) in [7, 11) is 0. The second-order valence-electron chi connectivity index (χ2n) is 5.03. The van der Waals surface area contributed by atoms with Crippen LogP contribution < -0.4 is 10.5 Å². The van der Waals surface area contributed by atoms with E-state index in [4.69, 9.17) is 15.2 Å². The number of nitrogens with two attached hydrogens (primary N) is 1. The maximum Gasteiger partial charge on any atom is 0.119 e. The van der Waals surface area contributed by atoms with Gasteiger partial charge in [0, 0.05) is 19.3 Å². The lowest BCUT2D eigenvalue weighted by atomic mass is 9.81. The molecule has 0 aliphatic carbocycles. The molecule has 3 atom stereocenters. The van der Waals surface area contributed by atoms with Gasteiger partial charge in [0.05, 0.1) is 6.61 Å². The zero-order valence-corrected chi connectivity index (χ0v) is 11.3. The molecular formula is C15H23NO2. The van der Waals surface area contributed by atoms with Crippen LogP contribution in [-0.4, -0.2) is 19.8 Å². The number of rotatable bonds is 4. The van der Waals surface area contributed by atoms with Crippen molar-refractivity contribution >= 4 is 0 Å². The largest absolute Gasteiger partial charge is 0.494 e. The fraction of sp³-hybridized carbons (Fsp3) is 0.600. The van der Waals surface area contributed by atoms with E-state index >= 15 is 0 Å². The first-order chi connectivity index (χ1) is 8.72. The molecule has 1 aliphatic heterocycles. The van der Waals surface area contributed by atoms with E-state index in [0.29, 0.717) is 18.4 Å². The normalized spacial score (nSPS) is 25.7. The van der Waals surface area contributed by atoms with Crippen LogP contribution in [0, 0.1) is 11.8 Å². The van der Waals surface area contributed by atoms with Crippen LogP contribution >= 0.6 is 0 Å². The number of hydrogen-bond acceptors (Lipinski definition) is 3. The Morgan fingerprint density at radius 3 is 2.72 bits per heavy atom. The van der Waals surface area contributed by atoms with Crippen LogP contribution in [0.3, 0.4) is 0 Å². The van der Waals surface area contributed by atoms with Gasteiger partial charge in [-0.2, -0.15) is 0 Å². The number of hydrogen-bond donors (Lipinski definition) is 1. The Bertz CT molecular complexity index is 363. The fourth-order valence-electron chi connectivity index (χ4n) is 2.63. The zero-order chi connectivity index (χ0) is 13.0. The standard InChI is InChI=1S/C15H23NO2/c1-3-18-13-6-4-12(5-7-13)15(16)14-8-9-17-10-11(14)2/h4-7,11,14-15H,3,8-10,16H2,1-2H3. The summed E-state index contributed by atoms with van der Waals surface area (Å²) in [4.78, 5) is 0. The molecule has 3 nitrogen and oxygen atoms in total. The fourth-order valence-corrected chi connectivity index (χ4v) is 2.63. The molecule has 1 aromatic carbocycles. The molecule has 1 aliphatic rings. The molecule has 0 amide bonds. The van der Waals surface area contributed by atoms with Gasteiger partial charge in [-0.3, -0.25) is 0 Å². The molecule has 0 bridgehead atoms. The average Bonchev–Trinajstić information content (AvgIpc) is 2.40. The van der Waals surface area contributed by atoms with Crippen molar-refractivity contribution in [2.75, 3.05) is 19.8 Å². The Kier molecular flexibility index (Phi) is 4.61. The number of benzene rings is 1. The first-order valence-corrected chi connectivity index (χ1v) is 6.78. The molecule has 1 saturated heterocycles. The third-order valence-electron chi connectivity index (χ3n) is 3.74. The molecule has 3 unspecified atom stereocenters. The van der Waals surface area contributed by atoms with E-state index in [2.05, 4.69) is 19.1 Å². The van der Waals surface area contributed by atoms with Crippen LogP contribution in [0.1, 0.15) is 31.9 Å². The molecule has 0 radical (unpaired) electrons. The van der Waals surface area contributed by atoms with Crippen molar-refractivity contribution in [1.82, 2.24) is 0 Å². The van der Waals surface area contributed by atoms with Crippen molar-refractivity contribution in [3.05, 3.63) is 29.8 Å². The highest BCUT2D eigenvalue weighted by Gasteiger charge is 2.28. The maximum absolute atomic E-state index is 6.39. The monoisotopic (exact) mass is 249 g/mol. The molecule has 0 aromatic heterocycles. The van der Waals surface area contributed by atoms with Crippen molar-refractivity contribution < 1.29 is 9.47 Å². The lowest BCUT2D eigenvalue weighted by molar-refractivity contribution is 0.0154. The molecule has 2 N–H and O–H groups in total. The Morgan fingerprint density at radius 1 is 1.39 bits per heavy atom. The Balaban J connectivity index is 2.05. The van der Waals surface area contributed by atoms with Gasteiger partial charge in [-0.15, -0.1) is 0 Å². The first-order valence-electron chi connectivity index (χ1n) is 6.78. The highest BCUT2D eigenvalue weighted by molar-refractivity contribution is 5.29. The van der Waals surface area contributed by atoms with Crippen LogP contribution in [0.5, 0.6) is 5.75 Å². The molecular weight excluding hydrogens is 226 g/mol. The van der Waals surface area contributed by atoms with E-state index < -0.39 is 0 Å². The second kappa shape index (κ2) is 6.21. The molecule has 1 aromatic rings. The van der Waals surface area contributed by atoms with Crippen molar-refractivity contribution in [3.63, 3.8) is 0 Å². The van der Waals surface area contributed by atoms with Crippen LogP contribution in [0.15, 0.2) is 24.3 Å². The van der Waals surface area contributed by atoms with Gasteiger partial charge in [0.2, 0.25) is 0 Å². The van der Waals surface area contributed by atoms with Crippen molar-refractivity contribution in [2.24, 2.45) is 17.6 Å². The summed E-state index contributed by atoms with van der Waals surface area (Å²) in [6.07, 6.45) is 1.05. The van der Waals surface area contributed by atoms with Crippen molar-refractivity contribution in [3.8, 4) is 5.75 Å². The van der Waals surface area contributed by atoms with Crippen LogP contribution in [0.2, 0.25) is 0 Å². The van der Waals surface area contributed by atoms with E-state index in [1.54, 1.807) is 0 Å². The molecule has 3 heteroatoms. The topological polar surface area (TPSA) is 44.5 Å². The van der Waals surface area contributed by atoms with Crippen LogP contribution in [-0.2, 0) is 4.74 Å². The Labute approximate surface area is 109 Å². The van der Waals surface area contributed by atoms with Gasteiger partial charge in [0.1, 0.15) is 5.75 Å². The lowest BCUT2D eigenvalue weighted by Gasteiger charge is -2.33. The smallest absolute Gasteiger partial charge is 0.119 e. The molecule has 2 rings (SSSR count). The summed E-state index contributed by atoms with van der Waals surface area (Å²) in [5, 5.41) is 0. The van der Waals surface area contributed by atoms with Gasteiger partial charge in [-0.1, -0.05) is 19.1 Å². The third-order valence-corrected chi connectivity index (χ3v) is 3.74. The zero-order valence-electron chi connectivity index (χ0n) is 11.3. The summed E-state index contributed by atoms with van der Waals surface area (Å²) < 4.78 is 10.9. The highest BCUT2D eigenvalue weighted by atomic mass is 16.5. The molecule has 18 heavy (non-hydrogen) atoms. The van der Waals surface area contributed by atoms with E-state index in [0.717, 1.165) is 25.4 Å². The van der Waals surface area contributed by atoms with Gasteiger partial charge in [0.15, 0.2) is 0 Å². The highest BCUT2D eigenvalue weighted by Crippen LogP contribution is 2.32. The van der Waals surface area contributed by atoms with Gasteiger partial charge in [-0.25, -0.2) is 0 Å². The van der Waals surface area contributed by atoms with Crippen LogP contribution in [0.4, 0.5) is 0 Å². The lowest BCUT2D eigenvalue weighted by Crippen LogP contribution is -2.33. The maximum atomic E-state index is 6.39. The summed E-state index contributed by atoms with van der Waals surface area (Å²) in [6, 6.07) is 8.26. The molecule has 0 saturated carbocycles. The minimum Gasteiger partial charge on any atom is -0.494 e. The first kappa shape index (κ1) is 13.4. The molecule has 100 valence electrons. The molecule has 1 fully saturated rings. The van der Waals surface area contributed by atoms with Gasteiger partial charge >= 0.3 is 0 Å². The van der Waals surface area contributed by atoms with E-state index in [9.17, 15) is 0 Å². The quantitative estimate of drug-likeness (QED) is 0.892. The van der Waals surface area contributed by atoms with Gasteiger partial charge < -0.3 is 15.2 Å². The summed E-state index contributed by atoms with van der Waals surface area (Å²) in [6.45, 7) is 6.57. The predicted molar refractivity (Wildman–Crippen MR) is 72.6 cm³/mol. The average molecular weight is 249 g/mol. The van der Waals surface area contributed by atoms with Crippen molar-refractivity contribution in [2.45, 2.75) is 26.3 Å². The SMILES string of the molecule is CCOc1ccc(C(N)C2CCOCC2C)cc1. The summed E-state index contributed by atoms with van der Waals surface area (Å²) >= 11 is 0. The summed E-state index contributed by atoms with van der Waals surface area (Å²) in [5.74, 6) is 1.95. The predicted octanol–water partition coefficient (Wildman–Crippen LogP) is 2.76. The Hall–Kier alpha value is -1.06. The third kappa shape index (κ3) is 3.03. The van der Waals surface area contributed by atoms with Crippen molar-refractivity contribution in [1.29, 1.82) is 0 Å². The Morgan fingerprint density at radius 2 is 2.11 bits per heavy atom. The minimum absolute atomic E-state index is 0.0968. The van der Waals surface area contributed by atoms with Gasteiger partial charge in [-0.05, 0) is 42.9 Å². The second-order valence-corrected chi connectivity index (χ2v) is 5.03. The van der Waals surface area contributed by atoms with E-state index in [1.807, 2.05) is 19.1 Å². The van der Waals surface area contributed by atoms with E-state index in [1.165, 1.54) is 5.56 Å². The molecule has 0 spiro atoms. The minimum atomic E-state index is 0.0968. The van der Waals surface area contributed by atoms with E-state index in [-0.39, 0.29) is 6.04 Å². The summed E-state index contributed by atoms with van der Waals surface area (Å²) in [5.41, 5.74) is 7.58.